The molecular weight excluding hydrogens is 188 g/mol. The van der Waals surface area contributed by atoms with Crippen LogP contribution in [0, 0.1) is 6.92 Å². The zero-order valence-electron chi connectivity index (χ0n) is 8.53. The molecule has 0 saturated heterocycles. The predicted molar refractivity (Wildman–Crippen MR) is 60.5 cm³/mol. The highest BCUT2D eigenvalue weighted by atomic mass is 16.1. The van der Waals surface area contributed by atoms with Crippen LogP contribution in [-0.4, -0.2) is 16.5 Å². The van der Waals surface area contributed by atoms with Crippen molar-refractivity contribution in [1.29, 1.82) is 0 Å². The molecule has 2 aromatic rings. The molecule has 0 atom stereocenters. The van der Waals surface area contributed by atoms with E-state index in [1.54, 1.807) is 0 Å². The summed E-state index contributed by atoms with van der Waals surface area (Å²) in [6, 6.07) is 6.06. The largest absolute Gasteiger partial charge is 0.303 e. The van der Waals surface area contributed by atoms with Gasteiger partial charge in [0.1, 0.15) is 6.29 Å². The van der Waals surface area contributed by atoms with Crippen molar-refractivity contribution in [1.82, 2.24) is 10.2 Å². The maximum Gasteiger partial charge on any atom is 0.123 e. The smallest absolute Gasteiger partial charge is 0.123 e. The van der Waals surface area contributed by atoms with Crippen LogP contribution < -0.4 is 0 Å². The van der Waals surface area contributed by atoms with Gasteiger partial charge in [0.15, 0.2) is 0 Å². The minimum atomic E-state index is 0.456. The fourth-order valence-electron chi connectivity index (χ4n) is 1.53. The molecule has 0 fully saturated rings. The van der Waals surface area contributed by atoms with Crippen molar-refractivity contribution >= 4 is 23.3 Å². The van der Waals surface area contributed by atoms with Crippen LogP contribution in [0.15, 0.2) is 24.3 Å². The molecule has 0 saturated carbocycles. The van der Waals surface area contributed by atoms with Gasteiger partial charge in [-0.15, -0.1) is 0 Å². The summed E-state index contributed by atoms with van der Waals surface area (Å²) in [6.45, 7) is 2.00. The molecule has 1 heterocycles. The maximum atomic E-state index is 10.1. The zero-order valence-corrected chi connectivity index (χ0v) is 8.53. The number of aryl methyl sites for hydroxylation is 1. The van der Waals surface area contributed by atoms with Crippen molar-refractivity contribution in [2.24, 2.45) is 0 Å². The number of aromatic amines is 1. The second-order valence-electron chi connectivity index (χ2n) is 3.43. The predicted octanol–water partition coefficient (Wildman–Crippen LogP) is 2.47. The highest BCUT2D eigenvalue weighted by Crippen LogP contribution is 2.17. The molecule has 0 aliphatic carbocycles. The summed E-state index contributed by atoms with van der Waals surface area (Å²) < 4.78 is 0. The number of hydrogen-bond acceptors (Lipinski definition) is 2. The summed E-state index contributed by atoms with van der Waals surface area (Å²) in [6.07, 6.45) is 5.11. The summed E-state index contributed by atoms with van der Waals surface area (Å²) in [5.74, 6) is 0. The molecule has 2 rings (SSSR count). The molecule has 0 bridgehead atoms. The highest BCUT2D eigenvalue weighted by molar-refractivity contribution is 5.83. The van der Waals surface area contributed by atoms with Crippen LogP contribution in [0.3, 0.4) is 0 Å². The fourth-order valence-corrected chi connectivity index (χ4v) is 1.53. The SMILES string of the molecule is Cc1[nH]nc2cc(C=CCC=O)ccc12. The Bertz CT molecular complexity index is 511. The van der Waals surface area contributed by atoms with Crippen LogP contribution in [0.2, 0.25) is 0 Å². The molecule has 0 radical (unpaired) electrons. The lowest BCUT2D eigenvalue weighted by atomic mass is 10.1. The number of allylic oxidation sites excluding steroid dienone is 1. The van der Waals surface area contributed by atoms with E-state index in [1.165, 1.54) is 0 Å². The number of benzene rings is 1. The first-order valence-electron chi connectivity index (χ1n) is 4.86. The first kappa shape index (κ1) is 9.65. The quantitative estimate of drug-likeness (QED) is 0.773. The Labute approximate surface area is 87.8 Å². The van der Waals surface area contributed by atoms with E-state index < -0.39 is 0 Å². The Morgan fingerprint density at radius 1 is 1.47 bits per heavy atom. The summed E-state index contributed by atoms with van der Waals surface area (Å²) in [4.78, 5) is 10.1. The summed E-state index contributed by atoms with van der Waals surface area (Å²) >= 11 is 0. The van der Waals surface area contributed by atoms with E-state index in [9.17, 15) is 4.79 Å². The molecule has 0 spiro atoms. The van der Waals surface area contributed by atoms with Gasteiger partial charge in [0, 0.05) is 17.5 Å². The minimum Gasteiger partial charge on any atom is -0.303 e. The molecule has 3 heteroatoms. The van der Waals surface area contributed by atoms with Crippen molar-refractivity contribution in [2.75, 3.05) is 0 Å². The molecule has 1 aromatic carbocycles. The van der Waals surface area contributed by atoms with E-state index in [1.807, 2.05) is 37.3 Å². The van der Waals surface area contributed by atoms with Crippen LogP contribution in [0.5, 0.6) is 0 Å². The summed E-state index contributed by atoms with van der Waals surface area (Å²) in [5, 5.41) is 8.26. The van der Waals surface area contributed by atoms with E-state index in [4.69, 9.17) is 0 Å². The molecule has 0 unspecified atom stereocenters. The topological polar surface area (TPSA) is 45.8 Å². The third kappa shape index (κ3) is 1.96. The lowest BCUT2D eigenvalue weighted by Crippen LogP contribution is -1.74. The van der Waals surface area contributed by atoms with E-state index >= 15 is 0 Å². The van der Waals surface area contributed by atoms with E-state index in [0.717, 1.165) is 28.4 Å². The molecule has 0 amide bonds. The van der Waals surface area contributed by atoms with Gasteiger partial charge in [0.2, 0.25) is 0 Å². The Morgan fingerprint density at radius 3 is 3.13 bits per heavy atom. The number of fused-ring (bicyclic) bond motifs is 1. The number of hydrogen-bond donors (Lipinski definition) is 1. The minimum absolute atomic E-state index is 0.456. The Morgan fingerprint density at radius 2 is 2.33 bits per heavy atom. The second-order valence-corrected chi connectivity index (χ2v) is 3.43. The number of aromatic nitrogens is 2. The fraction of sp³-hybridized carbons (Fsp3) is 0.167. The third-order valence-electron chi connectivity index (χ3n) is 2.31. The van der Waals surface area contributed by atoms with Crippen molar-refractivity contribution in [3.8, 4) is 0 Å². The molecule has 0 aliphatic heterocycles. The molecule has 76 valence electrons. The van der Waals surface area contributed by atoms with Crippen LogP contribution >= 0.6 is 0 Å². The van der Waals surface area contributed by atoms with Crippen LogP contribution in [0.25, 0.3) is 17.0 Å². The Balaban J connectivity index is 2.34. The normalized spacial score (nSPS) is 11.3. The number of carbonyl (C=O) groups excluding carboxylic acids is 1. The van der Waals surface area contributed by atoms with Gasteiger partial charge in [-0.25, -0.2) is 0 Å². The van der Waals surface area contributed by atoms with Gasteiger partial charge in [0.25, 0.3) is 0 Å². The molecule has 15 heavy (non-hydrogen) atoms. The Kier molecular flexibility index (Phi) is 2.63. The monoisotopic (exact) mass is 200 g/mol. The average Bonchev–Trinajstić information content (AvgIpc) is 2.61. The lowest BCUT2D eigenvalue weighted by Gasteiger charge is -1.93. The average molecular weight is 200 g/mol. The van der Waals surface area contributed by atoms with Gasteiger partial charge in [0.05, 0.1) is 5.52 Å². The van der Waals surface area contributed by atoms with Gasteiger partial charge in [-0.2, -0.15) is 5.10 Å². The highest BCUT2D eigenvalue weighted by Gasteiger charge is 2.00. The molecule has 1 aromatic heterocycles. The number of aldehydes is 1. The number of nitrogens with one attached hydrogen (secondary N) is 1. The summed E-state index contributed by atoms with van der Waals surface area (Å²) in [7, 11) is 0. The van der Waals surface area contributed by atoms with Gasteiger partial charge in [-0.1, -0.05) is 24.3 Å². The first-order valence-corrected chi connectivity index (χ1v) is 4.86. The van der Waals surface area contributed by atoms with Gasteiger partial charge in [-0.3, -0.25) is 5.10 Å². The molecular formula is C12H12N2O. The maximum absolute atomic E-state index is 10.1. The number of rotatable bonds is 3. The lowest BCUT2D eigenvalue weighted by molar-refractivity contribution is -0.107. The van der Waals surface area contributed by atoms with Crippen LogP contribution in [-0.2, 0) is 4.79 Å². The van der Waals surface area contributed by atoms with E-state index in [2.05, 4.69) is 10.2 Å². The van der Waals surface area contributed by atoms with Gasteiger partial charge >= 0.3 is 0 Å². The number of carbonyl (C=O) groups is 1. The van der Waals surface area contributed by atoms with E-state index in [-0.39, 0.29) is 0 Å². The van der Waals surface area contributed by atoms with E-state index in [0.29, 0.717) is 6.42 Å². The number of nitrogens with zero attached hydrogens (tertiary/aromatic N) is 1. The van der Waals surface area contributed by atoms with Crippen molar-refractivity contribution in [3.05, 3.63) is 35.5 Å². The van der Waals surface area contributed by atoms with Crippen LogP contribution in [0.1, 0.15) is 17.7 Å². The molecule has 3 nitrogen and oxygen atoms in total. The Hall–Kier alpha value is -1.90. The zero-order chi connectivity index (χ0) is 10.7. The summed E-state index contributed by atoms with van der Waals surface area (Å²) in [5.41, 5.74) is 3.10. The van der Waals surface area contributed by atoms with Gasteiger partial charge < -0.3 is 4.79 Å². The van der Waals surface area contributed by atoms with Crippen molar-refractivity contribution in [2.45, 2.75) is 13.3 Å². The second kappa shape index (κ2) is 4.09. The first-order chi connectivity index (χ1) is 7.31. The van der Waals surface area contributed by atoms with Crippen molar-refractivity contribution < 1.29 is 4.79 Å². The molecule has 1 N–H and O–H groups in total. The van der Waals surface area contributed by atoms with Crippen LogP contribution in [0.4, 0.5) is 0 Å². The standard InChI is InChI=1S/C12H12N2O/c1-9-11-6-5-10(4-2-3-7-15)8-12(11)14-13-9/h2,4-8H,3H2,1H3,(H,13,14). The van der Waals surface area contributed by atoms with Crippen molar-refractivity contribution in [3.63, 3.8) is 0 Å². The third-order valence-corrected chi connectivity index (χ3v) is 2.31. The van der Waals surface area contributed by atoms with Gasteiger partial charge in [-0.05, 0) is 18.6 Å². The molecule has 0 aliphatic rings. The number of H-pyrrole nitrogens is 1.